The first-order chi connectivity index (χ1) is 8.79. The standard InChI is InChI=1S/C10H17N3O4S2/c11-18(14,15)8-3-7-13-19(16,17)9-5-10-4-1-2-6-12-10/h1-2,4,6,13H,3,5,7-9H2,(H2,11,14,15). The van der Waals surface area contributed by atoms with E-state index in [1.54, 1.807) is 24.4 Å². The fourth-order valence-electron chi connectivity index (χ4n) is 1.36. The highest BCUT2D eigenvalue weighted by Gasteiger charge is 2.11. The number of nitrogens with two attached hydrogens (primary N) is 1. The van der Waals surface area contributed by atoms with Gasteiger partial charge in [-0.15, -0.1) is 0 Å². The minimum atomic E-state index is -3.54. The summed E-state index contributed by atoms with van der Waals surface area (Å²) in [5, 5.41) is 4.81. The van der Waals surface area contributed by atoms with Gasteiger partial charge in [0.05, 0.1) is 11.5 Å². The Morgan fingerprint density at radius 2 is 1.89 bits per heavy atom. The Kier molecular flexibility index (Phi) is 5.85. The lowest BCUT2D eigenvalue weighted by molar-refractivity contribution is 0.575. The molecule has 0 aliphatic heterocycles. The lowest BCUT2D eigenvalue weighted by atomic mass is 10.3. The summed E-state index contributed by atoms with van der Waals surface area (Å²) < 4.78 is 46.9. The summed E-state index contributed by atoms with van der Waals surface area (Å²) in [5.74, 6) is -0.324. The van der Waals surface area contributed by atoms with Crippen molar-refractivity contribution in [2.24, 2.45) is 5.14 Å². The molecule has 0 amide bonds. The number of nitrogens with zero attached hydrogens (tertiary/aromatic N) is 1. The van der Waals surface area contributed by atoms with Gasteiger partial charge in [0.25, 0.3) is 0 Å². The second kappa shape index (κ2) is 6.94. The fourth-order valence-corrected chi connectivity index (χ4v) is 2.98. The maximum absolute atomic E-state index is 11.6. The van der Waals surface area contributed by atoms with Crippen molar-refractivity contribution >= 4 is 20.0 Å². The molecule has 108 valence electrons. The Labute approximate surface area is 113 Å². The Morgan fingerprint density at radius 1 is 1.16 bits per heavy atom. The number of aryl methyl sites for hydroxylation is 1. The van der Waals surface area contributed by atoms with E-state index in [0.29, 0.717) is 12.1 Å². The van der Waals surface area contributed by atoms with Crippen molar-refractivity contribution in [2.75, 3.05) is 18.1 Å². The molecular weight excluding hydrogens is 290 g/mol. The molecule has 19 heavy (non-hydrogen) atoms. The zero-order valence-corrected chi connectivity index (χ0v) is 12.0. The smallest absolute Gasteiger partial charge is 0.211 e. The third kappa shape index (κ3) is 7.88. The summed E-state index contributed by atoms with van der Waals surface area (Å²) in [6, 6.07) is 5.29. The molecule has 1 aromatic rings. The number of primary sulfonamides is 1. The molecule has 1 aromatic heterocycles. The molecule has 0 spiro atoms. The maximum Gasteiger partial charge on any atom is 0.211 e. The first-order valence-electron chi connectivity index (χ1n) is 5.66. The van der Waals surface area contributed by atoms with Crippen LogP contribution in [0.1, 0.15) is 12.1 Å². The lowest BCUT2D eigenvalue weighted by Gasteiger charge is -2.06. The van der Waals surface area contributed by atoms with Crippen molar-refractivity contribution in [3.8, 4) is 0 Å². The van der Waals surface area contributed by atoms with Gasteiger partial charge in [-0.1, -0.05) is 6.07 Å². The van der Waals surface area contributed by atoms with E-state index in [9.17, 15) is 16.8 Å². The van der Waals surface area contributed by atoms with Gasteiger partial charge < -0.3 is 0 Å². The Hall–Kier alpha value is -1.03. The van der Waals surface area contributed by atoms with Crippen molar-refractivity contribution in [1.82, 2.24) is 9.71 Å². The van der Waals surface area contributed by atoms with Crippen LogP contribution in [0.4, 0.5) is 0 Å². The van der Waals surface area contributed by atoms with Gasteiger partial charge in [-0.3, -0.25) is 4.98 Å². The van der Waals surface area contributed by atoms with Gasteiger partial charge in [0.1, 0.15) is 0 Å². The zero-order valence-electron chi connectivity index (χ0n) is 10.3. The molecule has 0 fully saturated rings. The highest BCUT2D eigenvalue weighted by Crippen LogP contribution is 1.97. The van der Waals surface area contributed by atoms with E-state index in [-0.39, 0.29) is 24.5 Å². The van der Waals surface area contributed by atoms with Crippen LogP contribution in [0.15, 0.2) is 24.4 Å². The molecule has 0 aliphatic carbocycles. The molecule has 0 aromatic carbocycles. The van der Waals surface area contributed by atoms with Gasteiger partial charge in [-0.25, -0.2) is 26.7 Å². The second-order valence-electron chi connectivity index (χ2n) is 4.00. The predicted molar refractivity (Wildman–Crippen MR) is 72.3 cm³/mol. The van der Waals surface area contributed by atoms with E-state index >= 15 is 0 Å². The van der Waals surface area contributed by atoms with Gasteiger partial charge in [0.2, 0.25) is 20.0 Å². The van der Waals surface area contributed by atoms with Crippen molar-refractivity contribution in [2.45, 2.75) is 12.8 Å². The largest absolute Gasteiger partial charge is 0.261 e. The molecule has 3 N–H and O–H groups in total. The predicted octanol–water partition coefficient (Wildman–Crippen LogP) is -0.778. The molecule has 0 radical (unpaired) electrons. The van der Waals surface area contributed by atoms with Crippen LogP contribution in [0.2, 0.25) is 0 Å². The third-order valence-electron chi connectivity index (χ3n) is 2.28. The van der Waals surface area contributed by atoms with Gasteiger partial charge in [-0.2, -0.15) is 0 Å². The number of hydrogen-bond donors (Lipinski definition) is 2. The summed E-state index contributed by atoms with van der Waals surface area (Å²) >= 11 is 0. The normalized spacial score (nSPS) is 12.5. The van der Waals surface area contributed by atoms with Gasteiger partial charge in [-0.05, 0) is 18.6 Å². The molecular formula is C10H17N3O4S2. The summed E-state index contributed by atoms with van der Waals surface area (Å²) in [5.41, 5.74) is 0.692. The highest BCUT2D eigenvalue weighted by atomic mass is 32.2. The van der Waals surface area contributed by atoms with E-state index in [1.165, 1.54) is 0 Å². The highest BCUT2D eigenvalue weighted by molar-refractivity contribution is 7.89. The van der Waals surface area contributed by atoms with E-state index in [4.69, 9.17) is 5.14 Å². The first kappa shape index (κ1) is 16.0. The van der Waals surface area contributed by atoms with Crippen LogP contribution >= 0.6 is 0 Å². The number of pyridine rings is 1. The third-order valence-corrected chi connectivity index (χ3v) is 4.52. The summed E-state index contributed by atoms with van der Waals surface area (Å²) in [4.78, 5) is 4.02. The van der Waals surface area contributed by atoms with Gasteiger partial charge >= 0.3 is 0 Å². The topological polar surface area (TPSA) is 119 Å². The quantitative estimate of drug-likeness (QED) is 0.611. The first-order valence-corrected chi connectivity index (χ1v) is 9.03. The van der Waals surface area contributed by atoms with Crippen LogP contribution in [-0.4, -0.2) is 39.9 Å². The average Bonchev–Trinajstić information content (AvgIpc) is 2.33. The van der Waals surface area contributed by atoms with Crippen LogP contribution in [0.25, 0.3) is 0 Å². The Bertz CT molecular complexity index is 584. The number of hydrogen-bond acceptors (Lipinski definition) is 5. The van der Waals surface area contributed by atoms with Crippen molar-refractivity contribution < 1.29 is 16.8 Å². The molecule has 0 aliphatic rings. The van der Waals surface area contributed by atoms with Gasteiger partial charge in [0, 0.05) is 24.9 Å². The summed E-state index contributed by atoms with van der Waals surface area (Å²) in [7, 11) is -6.97. The molecule has 7 nitrogen and oxygen atoms in total. The number of rotatable bonds is 8. The second-order valence-corrected chi connectivity index (χ2v) is 7.67. The summed E-state index contributed by atoms with van der Waals surface area (Å²) in [6.45, 7) is 0.0565. The SMILES string of the molecule is NS(=O)(=O)CCCNS(=O)(=O)CCc1ccccn1. The zero-order chi connectivity index (χ0) is 14.4. The number of sulfonamides is 2. The van der Waals surface area contributed by atoms with Gasteiger partial charge in [0.15, 0.2) is 0 Å². The minimum absolute atomic E-state index is 0.0565. The van der Waals surface area contributed by atoms with Crippen molar-refractivity contribution in [1.29, 1.82) is 0 Å². The average molecular weight is 307 g/mol. The number of aromatic nitrogens is 1. The Morgan fingerprint density at radius 3 is 2.47 bits per heavy atom. The minimum Gasteiger partial charge on any atom is -0.261 e. The monoisotopic (exact) mass is 307 g/mol. The molecule has 9 heteroatoms. The van der Waals surface area contributed by atoms with E-state index in [2.05, 4.69) is 9.71 Å². The molecule has 1 rings (SSSR count). The van der Waals surface area contributed by atoms with Crippen LogP contribution < -0.4 is 9.86 Å². The van der Waals surface area contributed by atoms with E-state index in [1.807, 2.05) is 0 Å². The molecule has 1 heterocycles. The van der Waals surface area contributed by atoms with Crippen LogP contribution in [0.3, 0.4) is 0 Å². The van der Waals surface area contributed by atoms with E-state index in [0.717, 1.165) is 0 Å². The molecule has 0 unspecified atom stereocenters. The Balaban J connectivity index is 2.32. The van der Waals surface area contributed by atoms with Crippen LogP contribution in [-0.2, 0) is 26.5 Å². The molecule has 0 bridgehead atoms. The fraction of sp³-hybridized carbons (Fsp3) is 0.500. The number of nitrogens with one attached hydrogen (secondary N) is 1. The molecule has 0 atom stereocenters. The van der Waals surface area contributed by atoms with E-state index < -0.39 is 20.0 Å². The van der Waals surface area contributed by atoms with Crippen molar-refractivity contribution in [3.63, 3.8) is 0 Å². The summed E-state index contributed by atoms with van der Waals surface area (Å²) in [6.07, 6.45) is 2.06. The molecule has 0 saturated heterocycles. The maximum atomic E-state index is 11.6. The lowest BCUT2D eigenvalue weighted by Crippen LogP contribution is -2.30. The molecule has 0 saturated carbocycles. The van der Waals surface area contributed by atoms with Crippen LogP contribution in [0, 0.1) is 0 Å². The van der Waals surface area contributed by atoms with Crippen molar-refractivity contribution in [3.05, 3.63) is 30.1 Å². The van der Waals surface area contributed by atoms with Crippen LogP contribution in [0.5, 0.6) is 0 Å².